The zero-order chi connectivity index (χ0) is 13.1. The average Bonchev–Trinajstić information content (AvgIpc) is 2.79. The molecule has 0 spiro atoms. The van der Waals surface area contributed by atoms with Crippen LogP contribution >= 0.6 is 11.8 Å². The fourth-order valence-corrected chi connectivity index (χ4v) is 4.10. The van der Waals surface area contributed by atoms with Crippen molar-refractivity contribution >= 4 is 22.9 Å². The first-order valence-corrected chi connectivity index (χ1v) is 8.35. The number of aromatic nitrogens is 3. The van der Waals surface area contributed by atoms with E-state index in [4.69, 9.17) is 4.98 Å². The largest absolute Gasteiger partial charge is 0.313 e. The van der Waals surface area contributed by atoms with Gasteiger partial charge in [0.25, 0.3) is 0 Å². The normalized spacial score (nSPS) is 19.9. The molecule has 0 bridgehead atoms. The maximum atomic E-state index is 4.81. The second kappa shape index (κ2) is 5.95. The van der Waals surface area contributed by atoms with Gasteiger partial charge in [-0.05, 0) is 37.1 Å². The molecule has 1 aliphatic heterocycles. The molecular formula is C15H21N3S. The van der Waals surface area contributed by atoms with Gasteiger partial charge in [0, 0.05) is 24.4 Å². The first kappa shape index (κ1) is 13.0. The second-order valence-electron chi connectivity index (χ2n) is 5.22. The molecule has 1 atom stereocenters. The predicted molar refractivity (Wildman–Crippen MR) is 81.6 cm³/mol. The first-order valence-electron chi connectivity index (χ1n) is 7.30. The third-order valence-corrected chi connectivity index (χ3v) is 5.11. The second-order valence-corrected chi connectivity index (χ2v) is 6.63. The van der Waals surface area contributed by atoms with Gasteiger partial charge < -0.3 is 4.57 Å². The van der Waals surface area contributed by atoms with E-state index in [0.29, 0.717) is 0 Å². The number of pyridine rings is 1. The lowest BCUT2D eigenvalue weighted by atomic mass is 10.1. The monoisotopic (exact) mass is 275 g/mol. The van der Waals surface area contributed by atoms with E-state index in [0.717, 1.165) is 35.8 Å². The van der Waals surface area contributed by atoms with Gasteiger partial charge in [0.2, 0.25) is 0 Å². The Morgan fingerprint density at radius 2 is 2.37 bits per heavy atom. The Kier molecular flexibility index (Phi) is 4.06. The van der Waals surface area contributed by atoms with Crippen molar-refractivity contribution in [2.45, 2.75) is 50.8 Å². The van der Waals surface area contributed by atoms with Crippen molar-refractivity contribution in [2.75, 3.05) is 5.75 Å². The smallest absolute Gasteiger partial charge is 0.159 e. The number of hydrogen-bond donors (Lipinski definition) is 0. The van der Waals surface area contributed by atoms with Crippen LogP contribution in [0.5, 0.6) is 0 Å². The van der Waals surface area contributed by atoms with Crippen molar-refractivity contribution in [3.63, 3.8) is 0 Å². The van der Waals surface area contributed by atoms with Gasteiger partial charge in [0.15, 0.2) is 5.65 Å². The molecule has 0 saturated carbocycles. The lowest BCUT2D eigenvalue weighted by Crippen LogP contribution is -2.16. The van der Waals surface area contributed by atoms with Gasteiger partial charge in [-0.1, -0.05) is 13.3 Å². The maximum absolute atomic E-state index is 4.81. The van der Waals surface area contributed by atoms with Gasteiger partial charge in [-0.25, -0.2) is 9.97 Å². The molecule has 0 radical (unpaired) electrons. The van der Waals surface area contributed by atoms with Gasteiger partial charge in [-0.2, -0.15) is 11.8 Å². The Bertz CT molecular complexity index is 543. The standard InChI is InChI=1S/C15H21N3S/c1-2-9-18-14(11-12-6-3-4-10-19-12)17-13-7-5-8-16-15(13)18/h5,7-8,12H,2-4,6,9-11H2,1H3. The number of fused-ring (bicyclic) bond motifs is 1. The molecule has 3 nitrogen and oxygen atoms in total. The van der Waals surface area contributed by atoms with Crippen LogP contribution in [-0.4, -0.2) is 25.5 Å². The third kappa shape index (κ3) is 2.78. The summed E-state index contributed by atoms with van der Waals surface area (Å²) < 4.78 is 2.32. The molecule has 3 rings (SSSR count). The van der Waals surface area contributed by atoms with Gasteiger partial charge >= 0.3 is 0 Å². The minimum Gasteiger partial charge on any atom is -0.313 e. The molecule has 1 saturated heterocycles. The summed E-state index contributed by atoms with van der Waals surface area (Å²) in [6, 6.07) is 4.05. The molecule has 2 aromatic rings. The van der Waals surface area contributed by atoms with Gasteiger partial charge in [0.1, 0.15) is 11.3 Å². The molecule has 0 amide bonds. The van der Waals surface area contributed by atoms with E-state index in [-0.39, 0.29) is 0 Å². The molecule has 102 valence electrons. The quantitative estimate of drug-likeness (QED) is 0.853. The van der Waals surface area contributed by atoms with E-state index in [9.17, 15) is 0 Å². The zero-order valence-electron chi connectivity index (χ0n) is 11.5. The number of rotatable bonds is 4. The number of thioether (sulfide) groups is 1. The van der Waals surface area contributed by atoms with Crippen molar-refractivity contribution in [1.29, 1.82) is 0 Å². The molecule has 1 aliphatic rings. The SMILES string of the molecule is CCCn1c(CC2CCCCS2)nc2cccnc21. The fraction of sp³-hybridized carbons (Fsp3) is 0.600. The van der Waals surface area contributed by atoms with Crippen LogP contribution in [0.4, 0.5) is 0 Å². The molecule has 3 heterocycles. The van der Waals surface area contributed by atoms with Crippen LogP contribution in [0.3, 0.4) is 0 Å². The fourth-order valence-electron chi connectivity index (χ4n) is 2.79. The van der Waals surface area contributed by atoms with Crippen LogP contribution in [-0.2, 0) is 13.0 Å². The minimum absolute atomic E-state index is 0.751. The molecule has 0 N–H and O–H groups in total. The van der Waals surface area contributed by atoms with Crippen molar-refractivity contribution in [3.8, 4) is 0 Å². The molecule has 1 fully saturated rings. The molecule has 0 aliphatic carbocycles. The van der Waals surface area contributed by atoms with Crippen molar-refractivity contribution in [2.24, 2.45) is 0 Å². The summed E-state index contributed by atoms with van der Waals surface area (Å²) in [5, 5.41) is 0.751. The van der Waals surface area contributed by atoms with E-state index in [1.165, 1.54) is 30.8 Å². The number of imidazole rings is 1. The summed E-state index contributed by atoms with van der Waals surface area (Å²) in [6.07, 6.45) is 8.20. The van der Waals surface area contributed by atoms with Crippen LogP contribution in [0.2, 0.25) is 0 Å². The summed E-state index contributed by atoms with van der Waals surface area (Å²) in [5.74, 6) is 2.55. The molecule has 4 heteroatoms. The van der Waals surface area contributed by atoms with Gasteiger partial charge in [-0.3, -0.25) is 0 Å². The lowest BCUT2D eigenvalue weighted by molar-refractivity contribution is 0.605. The minimum atomic E-state index is 0.751. The van der Waals surface area contributed by atoms with Crippen LogP contribution < -0.4 is 0 Å². The molecule has 1 unspecified atom stereocenters. The summed E-state index contributed by atoms with van der Waals surface area (Å²) >= 11 is 2.12. The topological polar surface area (TPSA) is 30.7 Å². The van der Waals surface area contributed by atoms with E-state index in [1.54, 1.807) is 0 Å². The van der Waals surface area contributed by atoms with Crippen molar-refractivity contribution in [1.82, 2.24) is 14.5 Å². The molecule has 0 aromatic carbocycles. The highest BCUT2D eigenvalue weighted by Crippen LogP contribution is 2.28. The van der Waals surface area contributed by atoms with Crippen LogP contribution in [0.15, 0.2) is 18.3 Å². The highest BCUT2D eigenvalue weighted by Gasteiger charge is 2.19. The van der Waals surface area contributed by atoms with Crippen molar-refractivity contribution in [3.05, 3.63) is 24.2 Å². The summed E-state index contributed by atoms with van der Waals surface area (Å²) in [6.45, 7) is 3.24. The Balaban J connectivity index is 1.90. The van der Waals surface area contributed by atoms with Gasteiger partial charge in [-0.15, -0.1) is 0 Å². The summed E-state index contributed by atoms with van der Waals surface area (Å²) in [7, 11) is 0. The molecule has 2 aromatic heterocycles. The Labute approximate surface area is 118 Å². The van der Waals surface area contributed by atoms with Crippen LogP contribution in [0.25, 0.3) is 11.2 Å². The first-order chi connectivity index (χ1) is 9.38. The Morgan fingerprint density at radius 3 is 3.16 bits per heavy atom. The highest BCUT2D eigenvalue weighted by molar-refractivity contribution is 7.99. The number of aryl methyl sites for hydroxylation is 1. The van der Waals surface area contributed by atoms with E-state index in [1.807, 2.05) is 12.3 Å². The zero-order valence-corrected chi connectivity index (χ0v) is 12.3. The van der Waals surface area contributed by atoms with Crippen molar-refractivity contribution < 1.29 is 0 Å². The number of nitrogens with zero attached hydrogens (tertiary/aromatic N) is 3. The average molecular weight is 275 g/mol. The highest BCUT2D eigenvalue weighted by atomic mass is 32.2. The predicted octanol–water partition coefficient (Wildman–Crippen LogP) is 3.67. The van der Waals surface area contributed by atoms with E-state index >= 15 is 0 Å². The lowest BCUT2D eigenvalue weighted by Gasteiger charge is -2.21. The Hall–Kier alpha value is -1.03. The third-order valence-electron chi connectivity index (χ3n) is 3.71. The Morgan fingerprint density at radius 1 is 1.42 bits per heavy atom. The van der Waals surface area contributed by atoms with E-state index in [2.05, 4.69) is 34.3 Å². The van der Waals surface area contributed by atoms with E-state index < -0.39 is 0 Å². The summed E-state index contributed by atoms with van der Waals surface area (Å²) in [4.78, 5) is 9.32. The molecular weight excluding hydrogens is 254 g/mol. The van der Waals surface area contributed by atoms with Gasteiger partial charge in [0.05, 0.1) is 0 Å². The van der Waals surface area contributed by atoms with Crippen LogP contribution in [0, 0.1) is 0 Å². The maximum Gasteiger partial charge on any atom is 0.159 e. The molecule has 19 heavy (non-hydrogen) atoms. The number of hydrogen-bond acceptors (Lipinski definition) is 3. The summed E-state index contributed by atoms with van der Waals surface area (Å²) in [5.41, 5.74) is 2.10. The van der Waals surface area contributed by atoms with Crippen LogP contribution in [0.1, 0.15) is 38.4 Å².